The molecule has 1 aromatic carbocycles. The first kappa shape index (κ1) is 16.0. The minimum absolute atomic E-state index is 0.00371. The van der Waals surface area contributed by atoms with Gasteiger partial charge in [-0.1, -0.05) is 28.1 Å². The Hall–Kier alpha value is -1.33. The Balaban J connectivity index is 2.10. The summed E-state index contributed by atoms with van der Waals surface area (Å²) in [5, 5.41) is 12.1. The maximum Gasteiger partial charge on any atom is 0.255 e. The van der Waals surface area contributed by atoms with E-state index in [4.69, 9.17) is 9.84 Å². The highest BCUT2D eigenvalue weighted by atomic mass is 79.9. The van der Waals surface area contributed by atoms with Gasteiger partial charge in [-0.05, 0) is 38.5 Å². The summed E-state index contributed by atoms with van der Waals surface area (Å²) < 4.78 is 6.58. The van der Waals surface area contributed by atoms with E-state index in [9.17, 15) is 4.79 Å². The minimum Gasteiger partial charge on any atom is -0.490 e. The van der Waals surface area contributed by atoms with E-state index in [0.717, 1.165) is 10.9 Å². The summed E-state index contributed by atoms with van der Waals surface area (Å²) in [6, 6.07) is 5.34. The lowest BCUT2D eigenvalue weighted by Gasteiger charge is -2.17. The Morgan fingerprint density at radius 1 is 1.48 bits per heavy atom. The number of aliphatic hydroxyl groups is 1. The molecule has 0 saturated heterocycles. The first-order valence-corrected chi connectivity index (χ1v) is 7.85. The molecule has 0 aromatic heterocycles. The Morgan fingerprint density at radius 3 is 2.86 bits per heavy atom. The number of carbonyl (C=O) groups excluding carboxylic acids is 1. The van der Waals surface area contributed by atoms with Gasteiger partial charge in [-0.2, -0.15) is 0 Å². The van der Waals surface area contributed by atoms with Gasteiger partial charge in [-0.15, -0.1) is 0 Å². The van der Waals surface area contributed by atoms with Crippen molar-refractivity contribution in [2.45, 2.75) is 32.4 Å². The molecule has 2 N–H and O–H groups in total. The Labute approximate surface area is 133 Å². The summed E-state index contributed by atoms with van der Waals surface area (Å²) in [4.78, 5) is 12.4. The predicted octanol–water partition coefficient (Wildman–Crippen LogP) is 2.90. The molecule has 0 spiro atoms. The number of benzene rings is 1. The topological polar surface area (TPSA) is 58.6 Å². The van der Waals surface area contributed by atoms with Gasteiger partial charge in [0.25, 0.3) is 5.91 Å². The summed E-state index contributed by atoms with van der Waals surface area (Å²) in [5.74, 6) is 0.538. The average Bonchev–Trinajstić information content (AvgIpc) is 2.85. The smallest absolute Gasteiger partial charge is 0.255 e. The molecule has 1 aliphatic carbocycles. The van der Waals surface area contributed by atoms with Crippen LogP contribution in [-0.2, 0) is 0 Å². The first-order valence-electron chi connectivity index (χ1n) is 7.06. The summed E-state index contributed by atoms with van der Waals surface area (Å²) in [6.07, 6.45) is 4.61. The molecule has 0 unspecified atom stereocenters. The second-order valence-corrected chi connectivity index (χ2v) is 6.37. The normalized spacial score (nSPS) is 20.8. The fourth-order valence-electron chi connectivity index (χ4n) is 2.30. The van der Waals surface area contributed by atoms with Crippen molar-refractivity contribution < 1.29 is 14.6 Å². The first-order chi connectivity index (χ1) is 9.99. The number of hydrogen-bond donors (Lipinski definition) is 2. The lowest BCUT2D eigenvalue weighted by Crippen LogP contribution is -2.33. The number of rotatable bonds is 5. The number of amides is 1. The van der Waals surface area contributed by atoms with E-state index in [1.807, 2.05) is 32.1 Å². The quantitative estimate of drug-likeness (QED) is 0.800. The number of ether oxygens (including phenoxy) is 1. The van der Waals surface area contributed by atoms with Gasteiger partial charge >= 0.3 is 0 Å². The zero-order valence-corrected chi connectivity index (χ0v) is 13.8. The molecule has 1 amide bonds. The van der Waals surface area contributed by atoms with Crippen LogP contribution in [0.4, 0.5) is 0 Å². The van der Waals surface area contributed by atoms with Crippen LogP contribution in [0, 0.1) is 5.92 Å². The highest BCUT2D eigenvalue weighted by Gasteiger charge is 2.22. The number of nitrogens with one attached hydrogen (secondary N) is 1. The minimum atomic E-state index is -0.161. The molecule has 114 valence electrons. The molecule has 0 bridgehead atoms. The molecule has 5 heteroatoms. The van der Waals surface area contributed by atoms with Crippen molar-refractivity contribution in [3.8, 4) is 5.75 Å². The van der Waals surface area contributed by atoms with Crippen molar-refractivity contribution >= 4 is 21.8 Å². The molecule has 0 aliphatic heterocycles. The van der Waals surface area contributed by atoms with Crippen molar-refractivity contribution in [3.05, 3.63) is 40.4 Å². The maximum atomic E-state index is 12.4. The third kappa shape index (κ3) is 4.32. The summed E-state index contributed by atoms with van der Waals surface area (Å²) >= 11 is 3.39. The molecule has 0 saturated carbocycles. The van der Waals surface area contributed by atoms with E-state index in [1.54, 1.807) is 12.1 Å². The molecule has 0 radical (unpaired) electrons. The van der Waals surface area contributed by atoms with Crippen molar-refractivity contribution in [3.63, 3.8) is 0 Å². The third-order valence-corrected chi connectivity index (χ3v) is 3.77. The van der Waals surface area contributed by atoms with Gasteiger partial charge in [0.1, 0.15) is 5.75 Å². The highest BCUT2D eigenvalue weighted by Crippen LogP contribution is 2.25. The van der Waals surface area contributed by atoms with Crippen LogP contribution < -0.4 is 10.1 Å². The molecule has 2 atom stereocenters. The predicted molar refractivity (Wildman–Crippen MR) is 85.5 cm³/mol. The van der Waals surface area contributed by atoms with Gasteiger partial charge in [0.05, 0.1) is 11.7 Å². The van der Waals surface area contributed by atoms with Gasteiger partial charge in [-0.3, -0.25) is 4.79 Å². The van der Waals surface area contributed by atoms with Crippen LogP contribution in [0.3, 0.4) is 0 Å². The van der Waals surface area contributed by atoms with E-state index in [2.05, 4.69) is 21.2 Å². The highest BCUT2D eigenvalue weighted by molar-refractivity contribution is 9.10. The second kappa shape index (κ2) is 7.09. The number of hydrogen-bond acceptors (Lipinski definition) is 3. The van der Waals surface area contributed by atoms with Crippen LogP contribution >= 0.6 is 15.9 Å². The standard InChI is InChI=1S/C16H20BrNO3/c1-10(2)21-15-8-12(17)4-6-14(15)16(20)18-13-5-3-11(7-13)9-19/h3-6,8,10-11,13,19H,7,9H2,1-2H3,(H,18,20)/t11-,13+/m0/s1. The largest absolute Gasteiger partial charge is 0.490 e. The zero-order valence-electron chi connectivity index (χ0n) is 12.2. The molecule has 1 aromatic rings. The number of halogens is 1. The lowest BCUT2D eigenvalue weighted by molar-refractivity contribution is 0.0935. The Kier molecular flexibility index (Phi) is 5.42. The van der Waals surface area contributed by atoms with Gasteiger partial charge < -0.3 is 15.2 Å². The van der Waals surface area contributed by atoms with E-state index in [0.29, 0.717) is 11.3 Å². The molecular formula is C16H20BrNO3. The number of carbonyl (C=O) groups is 1. The van der Waals surface area contributed by atoms with Crippen molar-refractivity contribution in [1.82, 2.24) is 5.32 Å². The SMILES string of the molecule is CC(C)Oc1cc(Br)ccc1C(=O)N[C@@H]1C=C[C@H](CO)C1. The number of aliphatic hydroxyl groups excluding tert-OH is 1. The van der Waals surface area contributed by atoms with Crippen LogP contribution in [0.15, 0.2) is 34.8 Å². The molecule has 4 nitrogen and oxygen atoms in total. The van der Waals surface area contributed by atoms with E-state index >= 15 is 0 Å². The van der Waals surface area contributed by atoms with Crippen molar-refractivity contribution in [2.75, 3.05) is 6.61 Å². The van der Waals surface area contributed by atoms with Crippen LogP contribution in [0.5, 0.6) is 5.75 Å². The summed E-state index contributed by atoms with van der Waals surface area (Å²) in [7, 11) is 0. The monoisotopic (exact) mass is 353 g/mol. The van der Waals surface area contributed by atoms with Crippen molar-refractivity contribution in [2.24, 2.45) is 5.92 Å². The van der Waals surface area contributed by atoms with Crippen LogP contribution in [0.2, 0.25) is 0 Å². The van der Waals surface area contributed by atoms with Gasteiger partial charge in [-0.25, -0.2) is 0 Å². The molecule has 1 aliphatic rings. The third-order valence-electron chi connectivity index (χ3n) is 3.27. The van der Waals surface area contributed by atoms with E-state index < -0.39 is 0 Å². The molecule has 21 heavy (non-hydrogen) atoms. The fraction of sp³-hybridized carbons (Fsp3) is 0.438. The van der Waals surface area contributed by atoms with Crippen LogP contribution in [0.25, 0.3) is 0 Å². The summed E-state index contributed by atoms with van der Waals surface area (Å²) in [6.45, 7) is 3.96. The van der Waals surface area contributed by atoms with Gasteiger partial charge in [0.15, 0.2) is 0 Å². The van der Waals surface area contributed by atoms with E-state index in [1.165, 1.54) is 0 Å². The van der Waals surface area contributed by atoms with Crippen LogP contribution in [-0.4, -0.2) is 29.8 Å². The molecule has 0 heterocycles. The summed E-state index contributed by atoms with van der Waals surface area (Å²) in [5.41, 5.74) is 0.521. The molecule has 2 rings (SSSR count). The maximum absolute atomic E-state index is 12.4. The fourth-order valence-corrected chi connectivity index (χ4v) is 2.64. The van der Waals surface area contributed by atoms with Crippen molar-refractivity contribution in [1.29, 1.82) is 0 Å². The Morgan fingerprint density at radius 2 is 2.24 bits per heavy atom. The second-order valence-electron chi connectivity index (χ2n) is 5.45. The molecular weight excluding hydrogens is 334 g/mol. The Bertz CT molecular complexity index is 542. The van der Waals surface area contributed by atoms with Gasteiger partial charge in [0.2, 0.25) is 0 Å². The zero-order chi connectivity index (χ0) is 15.4. The van der Waals surface area contributed by atoms with E-state index in [-0.39, 0.29) is 30.6 Å². The average molecular weight is 354 g/mol. The molecule has 0 fully saturated rings. The van der Waals surface area contributed by atoms with Gasteiger partial charge in [0, 0.05) is 23.0 Å². The van der Waals surface area contributed by atoms with Crippen LogP contribution in [0.1, 0.15) is 30.6 Å². The lowest BCUT2D eigenvalue weighted by atomic mass is 10.1.